The molecule has 0 saturated carbocycles. The lowest BCUT2D eigenvalue weighted by molar-refractivity contribution is -0.260. The van der Waals surface area contributed by atoms with E-state index in [9.17, 15) is 35.2 Å². The lowest BCUT2D eigenvalue weighted by atomic mass is 10.1. The fourth-order valence-electron chi connectivity index (χ4n) is 0.860. The standard InChI is InChI=1S/C8H11F5O5S/c1-3-4(2)5(14)18-6(7(9,10)11)8(12,13)19(15,16)17/h4,6H,3H2,1-2H3,(H,15,16,17)/t4-,6?/m1/s1. The fourth-order valence-corrected chi connectivity index (χ4v) is 1.31. The molecule has 0 aromatic carbocycles. The maximum atomic E-state index is 13.0. The van der Waals surface area contributed by atoms with Gasteiger partial charge in [-0.15, -0.1) is 0 Å². The lowest BCUT2D eigenvalue weighted by Crippen LogP contribution is -2.52. The minimum absolute atomic E-state index is 0.000850. The molecule has 1 unspecified atom stereocenters. The average Bonchev–Trinajstić information content (AvgIpc) is 2.20. The monoisotopic (exact) mass is 314 g/mol. The van der Waals surface area contributed by atoms with Crippen LogP contribution in [0.25, 0.3) is 0 Å². The summed E-state index contributed by atoms with van der Waals surface area (Å²) in [5, 5.41) is -5.69. The van der Waals surface area contributed by atoms with Crippen LogP contribution in [-0.4, -0.2) is 36.5 Å². The molecule has 0 heterocycles. The molecular formula is C8H11F5O5S. The molecule has 5 nitrogen and oxygen atoms in total. The Hall–Kier alpha value is -0.970. The third-order valence-corrected chi connectivity index (χ3v) is 3.10. The topological polar surface area (TPSA) is 80.7 Å². The van der Waals surface area contributed by atoms with Gasteiger partial charge >= 0.3 is 27.5 Å². The van der Waals surface area contributed by atoms with Crippen LogP contribution in [0.2, 0.25) is 0 Å². The Kier molecular flexibility index (Phi) is 5.29. The van der Waals surface area contributed by atoms with Crippen LogP contribution in [0.5, 0.6) is 0 Å². The molecule has 2 atom stereocenters. The van der Waals surface area contributed by atoms with Gasteiger partial charge in [-0.05, 0) is 6.42 Å². The van der Waals surface area contributed by atoms with E-state index in [1.807, 2.05) is 0 Å². The Morgan fingerprint density at radius 2 is 1.68 bits per heavy atom. The molecule has 0 rings (SSSR count). The van der Waals surface area contributed by atoms with Crippen molar-refractivity contribution in [3.63, 3.8) is 0 Å². The number of alkyl halides is 5. The van der Waals surface area contributed by atoms with Crippen molar-refractivity contribution >= 4 is 16.1 Å². The Morgan fingerprint density at radius 3 is 1.95 bits per heavy atom. The quantitative estimate of drug-likeness (QED) is 0.477. The van der Waals surface area contributed by atoms with Crippen molar-refractivity contribution in [1.29, 1.82) is 0 Å². The van der Waals surface area contributed by atoms with Crippen molar-refractivity contribution in [2.75, 3.05) is 0 Å². The smallest absolute Gasteiger partial charge is 0.432 e. The van der Waals surface area contributed by atoms with E-state index in [0.717, 1.165) is 6.92 Å². The van der Waals surface area contributed by atoms with Crippen molar-refractivity contribution in [3.05, 3.63) is 0 Å². The van der Waals surface area contributed by atoms with E-state index in [4.69, 9.17) is 4.55 Å². The zero-order valence-corrected chi connectivity index (χ0v) is 10.6. The molecule has 0 spiro atoms. The van der Waals surface area contributed by atoms with Crippen LogP contribution in [-0.2, 0) is 19.6 Å². The molecule has 0 amide bonds. The minimum Gasteiger partial charge on any atom is -0.444 e. The van der Waals surface area contributed by atoms with Gasteiger partial charge in [-0.1, -0.05) is 13.8 Å². The average molecular weight is 314 g/mol. The molecule has 0 aromatic heterocycles. The lowest BCUT2D eigenvalue weighted by Gasteiger charge is -2.26. The van der Waals surface area contributed by atoms with Crippen molar-refractivity contribution < 1.29 is 44.5 Å². The molecule has 11 heteroatoms. The molecule has 0 aliphatic heterocycles. The van der Waals surface area contributed by atoms with Crippen molar-refractivity contribution in [2.24, 2.45) is 5.92 Å². The molecule has 0 aromatic rings. The third kappa shape index (κ3) is 4.27. The van der Waals surface area contributed by atoms with E-state index in [0.29, 0.717) is 0 Å². The Labute approximate surface area is 105 Å². The second-order valence-corrected chi connectivity index (χ2v) is 5.20. The van der Waals surface area contributed by atoms with Crippen LogP contribution in [0, 0.1) is 5.92 Å². The zero-order valence-electron chi connectivity index (χ0n) is 9.74. The molecule has 114 valence electrons. The second kappa shape index (κ2) is 5.57. The Bertz CT molecular complexity index is 429. The molecule has 0 fully saturated rings. The Balaban J connectivity index is 5.46. The molecule has 0 aliphatic rings. The van der Waals surface area contributed by atoms with Gasteiger partial charge in [0.2, 0.25) is 0 Å². The number of hydrogen-bond acceptors (Lipinski definition) is 4. The number of halogens is 5. The van der Waals surface area contributed by atoms with Crippen LogP contribution in [0.1, 0.15) is 20.3 Å². The molecule has 0 saturated heterocycles. The first-order valence-corrected chi connectivity index (χ1v) is 6.31. The van der Waals surface area contributed by atoms with Gasteiger partial charge in [0.25, 0.3) is 6.10 Å². The van der Waals surface area contributed by atoms with E-state index in [1.165, 1.54) is 6.92 Å². The van der Waals surface area contributed by atoms with Gasteiger partial charge in [0.1, 0.15) is 0 Å². The highest BCUT2D eigenvalue weighted by Crippen LogP contribution is 2.38. The summed E-state index contributed by atoms with van der Waals surface area (Å²) in [7, 11) is -6.39. The van der Waals surface area contributed by atoms with Gasteiger partial charge in [0, 0.05) is 0 Å². The third-order valence-electron chi connectivity index (χ3n) is 2.20. The van der Waals surface area contributed by atoms with Crippen LogP contribution < -0.4 is 0 Å². The summed E-state index contributed by atoms with van der Waals surface area (Å²) in [6.45, 7) is 2.50. The Morgan fingerprint density at radius 1 is 1.26 bits per heavy atom. The van der Waals surface area contributed by atoms with Crippen molar-refractivity contribution in [2.45, 2.75) is 37.8 Å². The predicted molar refractivity (Wildman–Crippen MR) is 51.9 cm³/mol. The van der Waals surface area contributed by atoms with Crippen LogP contribution >= 0.6 is 0 Å². The first kappa shape index (κ1) is 18.0. The van der Waals surface area contributed by atoms with Gasteiger partial charge < -0.3 is 4.74 Å². The first-order valence-electron chi connectivity index (χ1n) is 4.87. The molecule has 1 N–H and O–H groups in total. The summed E-state index contributed by atoms with van der Waals surface area (Å²) in [4.78, 5) is 11.1. The van der Waals surface area contributed by atoms with E-state index >= 15 is 0 Å². The van der Waals surface area contributed by atoms with E-state index in [1.54, 1.807) is 0 Å². The molecule has 0 aliphatic carbocycles. The van der Waals surface area contributed by atoms with Gasteiger partial charge in [-0.3, -0.25) is 9.35 Å². The van der Waals surface area contributed by atoms with Crippen LogP contribution in [0.4, 0.5) is 22.0 Å². The number of hydrogen-bond donors (Lipinski definition) is 1. The summed E-state index contributed by atoms with van der Waals surface area (Å²) >= 11 is 0. The maximum Gasteiger partial charge on any atom is 0.432 e. The molecule has 0 bridgehead atoms. The van der Waals surface area contributed by atoms with Crippen LogP contribution in [0.3, 0.4) is 0 Å². The second-order valence-electron chi connectivity index (χ2n) is 3.70. The highest BCUT2D eigenvalue weighted by molar-refractivity contribution is 7.86. The maximum absolute atomic E-state index is 13.0. The molecule has 19 heavy (non-hydrogen) atoms. The highest BCUT2D eigenvalue weighted by Gasteiger charge is 2.66. The highest BCUT2D eigenvalue weighted by atomic mass is 32.2. The van der Waals surface area contributed by atoms with Crippen molar-refractivity contribution in [3.8, 4) is 0 Å². The number of ether oxygens (including phenoxy) is 1. The minimum atomic E-state index is -6.39. The summed E-state index contributed by atoms with van der Waals surface area (Å²) in [6.07, 6.45) is -10.1. The summed E-state index contributed by atoms with van der Waals surface area (Å²) in [6, 6.07) is 0. The zero-order chi connectivity index (χ0) is 15.6. The van der Waals surface area contributed by atoms with E-state index < -0.39 is 39.5 Å². The summed E-state index contributed by atoms with van der Waals surface area (Å²) < 4.78 is 95.2. The molecule has 0 radical (unpaired) electrons. The fraction of sp³-hybridized carbons (Fsp3) is 0.875. The number of rotatable bonds is 5. The normalized spacial score (nSPS) is 16.8. The van der Waals surface area contributed by atoms with E-state index in [-0.39, 0.29) is 6.42 Å². The number of carbonyl (C=O) groups is 1. The van der Waals surface area contributed by atoms with Crippen molar-refractivity contribution in [1.82, 2.24) is 0 Å². The van der Waals surface area contributed by atoms with Gasteiger partial charge in [-0.25, -0.2) is 0 Å². The van der Waals surface area contributed by atoms with Gasteiger partial charge in [-0.2, -0.15) is 30.4 Å². The van der Waals surface area contributed by atoms with E-state index in [2.05, 4.69) is 4.74 Å². The number of carbonyl (C=O) groups excluding carboxylic acids is 1. The SMILES string of the molecule is CC[C@@H](C)C(=O)OC(C(F)(F)F)C(F)(F)S(=O)(=O)O. The summed E-state index contributed by atoms with van der Waals surface area (Å²) in [5.74, 6) is -2.78. The predicted octanol–water partition coefficient (Wildman–Crippen LogP) is 1.99. The number of esters is 1. The largest absolute Gasteiger partial charge is 0.444 e. The molecular weight excluding hydrogens is 303 g/mol. The summed E-state index contributed by atoms with van der Waals surface area (Å²) in [5.41, 5.74) is 0. The first-order chi connectivity index (χ1) is 8.25. The van der Waals surface area contributed by atoms with Gasteiger partial charge in [0.15, 0.2) is 0 Å². The van der Waals surface area contributed by atoms with Gasteiger partial charge in [0.05, 0.1) is 5.92 Å². The van der Waals surface area contributed by atoms with Crippen LogP contribution in [0.15, 0.2) is 0 Å².